The number of aryl methyl sites for hydroxylation is 2. The highest BCUT2D eigenvalue weighted by Crippen LogP contribution is 2.26. The summed E-state index contributed by atoms with van der Waals surface area (Å²) in [4.78, 5) is 24.7. The van der Waals surface area contributed by atoms with Crippen molar-refractivity contribution in [2.75, 3.05) is 0 Å². The normalized spacial score (nSPS) is 11.8. The lowest BCUT2D eigenvalue weighted by Crippen LogP contribution is -2.31. The van der Waals surface area contributed by atoms with Crippen LogP contribution in [-0.4, -0.2) is 17.0 Å². The molecule has 0 heterocycles. The van der Waals surface area contributed by atoms with Gasteiger partial charge in [0.1, 0.15) is 18.2 Å². The summed E-state index contributed by atoms with van der Waals surface area (Å²) in [6, 6.07) is 19.1. The average molecular weight is 478 g/mol. The maximum Gasteiger partial charge on any atom is 0.303 e. The first-order valence-electron chi connectivity index (χ1n) is 11.8. The van der Waals surface area contributed by atoms with E-state index in [9.17, 15) is 14.0 Å². The van der Waals surface area contributed by atoms with E-state index in [1.54, 1.807) is 18.2 Å². The van der Waals surface area contributed by atoms with Gasteiger partial charge in [-0.05, 0) is 78.3 Å². The highest BCUT2D eigenvalue weighted by atomic mass is 19.1. The number of benzene rings is 3. The van der Waals surface area contributed by atoms with Crippen molar-refractivity contribution in [3.8, 4) is 5.75 Å². The molecule has 35 heavy (non-hydrogen) atoms. The van der Waals surface area contributed by atoms with Gasteiger partial charge >= 0.3 is 5.97 Å². The summed E-state index contributed by atoms with van der Waals surface area (Å²) in [7, 11) is 0. The molecule has 3 aromatic carbocycles. The van der Waals surface area contributed by atoms with E-state index in [-0.39, 0.29) is 37.2 Å². The van der Waals surface area contributed by atoms with Crippen molar-refractivity contribution < 1.29 is 23.8 Å². The minimum atomic E-state index is -0.924. The van der Waals surface area contributed by atoms with E-state index in [0.717, 1.165) is 22.4 Å². The molecule has 5 nitrogen and oxygen atoms in total. The number of ether oxygens (including phenoxy) is 1. The molecule has 1 amide bonds. The van der Waals surface area contributed by atoms with Crippen molar-refractivity contribution >= 4 is 11.9 Å². The van der Waals surface area contributed by atoms with Crippen molar-refractivity contribution in [2.45, 2.75) is 52.7 Å². The van der Waals surface area contributed by atoms with Crippen molar-refractivity contribution in [2.24, 2.45) is 5.92 Å². The number of carbonyl (C=O) groups is 2. The number of para-hydroxylation sites is 1. The van der Waals surface area contributed by atoms with Crippen molar-refractivity contribution in [3.05, 3.63) is 100 Å². The average Bonchev–Trinajstić information content (AvgIpc) is 2.81. The Morgan fingerprint density at radius 3 is 2.43 bits per heavy atom. The van der Waals surface area contributed by atoms with Crippen molar-refractivity contribution in [1.82, 2.24) is 5.32 Å². The lowest BCUT2D eigenvalue weighted by Gasteiger charge is -2.24. The summed E-state index contributed by atoms with van der Waals surface area (Å²) in [5.74, 6) is -0.518. The van der Waals surface area contributed by atoms with Crippen LogP contribution in [-0.2, 0) is 17.8 Å². The van der Waals surface area contributed by atoms with Gasteiger partial charge in [0, 0.05) is 12.0 Å². The summed E-state index contributed by atoms with van der Waals surface area (Å²) >= 11 is 0. The summed E-state index contributed by atoms with van der Waals surface area (Å²) in [5, 5.41) is 12.3. The summed E-state index contributed by atoms with van der Waals surface area (Å²) < 4.78 is 19.5. The fraction of sp³-hybridized carbons (Fsp3) is 0.310. The fourth-order valence-electron chi connectivity index (χ4n) is 4.07. The molecule has 6 heteroatoms. The number of carbonyl (C=O) groups excluding carboxylic acids is 1. The largest absolute Gasteiger partial charge is 0.489 e. The predicted molar refractivity (Wildman–Crippen MR) is 134 cm³/mol. The molecule has 0 bridgehead atoms. The van der Waals surface area contributed by atoms with E-state index < -0.39 is 5.97 Å². The molecule has 3 rings (SSSR count). The molecular weight excluding hydrogens is 445 g/mol. The second-order valence-electron chi connectivity index (χ2n) is 9.14. The number of carboxylic acids is 1. The van der Waals surface area contributed by atoms with Crippen LogP contribution in [0.2, 0.25) is 0 Å². The van der Waals surface area contributed by atoms with Gasteiger partial charge in [-0.2, -0.15) is 0 Å². The fourth-order valence-corrected chi connectivity index (χ4v) is 4.07. The standard InChI is InChI=1S/C29H32FNO4/c1-19(2)15-27(25-13-12-23(30)16-20(25)3)31-29(34)26-17-21(9-10-22(26)11-14-28(32)33)18-35-24-7-5-4-6-8-24/h4-10,12-13,16-17,19,27H,11,14-15,18H2,1-3H3,(H,31,34)(H,32,33). The quantitative estimate of drug-likeness (QED) is 0.342. The highest BCUT2D eigenvalue weighted by Gasteiger charge is 2.21. The van der Waals surface area contributed by atoms with E-state index in [4.69, 9.17) is 9.84 Å². The number of nitrogens with one attached hydrogen (secondary N) is 1. The molecule has 0 aliphatic carbocycles. The minimum absolute atomic E-state index is 0.0768. The lowest BCUT2D eigenvalue weighted by molar-refractivity contribution is -0.136. The third-order valence-corrected chi connectivity index (χ3v) is 5.80. The molecule has 2 N–H and O–H groups in total. The molecule has 0 spiro atoms. The molecule has 0 saturated carbocycles. The molecule has 1 atom stereocenters. The van der Waals surface area contributed by atoms with Gasteiger partial charge in [-0.1, -0.05) is 50.2 Å². The highest BCUT2D eigenvalue weighted by molar-refractivity contribution is 5.96. The molecule has 3 aromatic rings. The Bertz CT molecular complexity index is 1160. The van der Waals surface area contributed by atoms with Crippen LogP contribution in [0.4, 0.5) is 4.39 Å². The van der Waals surface area contributed by atoms with Gasteiger partial charge in [-0.3, -0.25) is 9.59 Å². The zero-order chi connectivity index (χ0) is 25.4. The van der Waals surface area contributed by atoms with Crippen LogP contribution in [0, 0.1) is 18.7 Å². The number of rotatable bonds is 11. The third kappa shape index (κ3) is 7.67. The topological polar surface area (TPSA) is 75.6 Å². The van der Waals surface area contributed by atoms with Gasteiger partial charge in [-0.25, -0.2) is 4.39 Å². The Kier molecular flexibility index (Phi) is 9.01. The smallest absolute Gasteiger partial charge is 0.303 e. The van der Waals surface area contributed by atoms with E-state index in [0.29, 0.717) is 23.5 Å². The number of hydrogen-bond donors (Lipinski definition) is 2. The zero-order valence-electron chi connectivity index (χ0n) is 20.4. The van der Waals surface area contributed by atoms with Gasteiger partial charge in [0.15, 0.2) is 0 Å². The van der Waals surface area contributed by atoms with Crippen LogP contribution < -0.4 is 10.1 Å². The van der Waals surface area contributed by atoms with Crippen molar-refractivity contribution in [3.63, 3.8) is 0 Å². The van der Waals surface area contributed by atoms with E-state index in [2.05, 4.69) is 19.2 Å². The number of amides is 1. The molecular formula is C29H32FNO4. The Hall–Kier alpha value is -3.67. The van der Waals surface area contributed by atoms with Crippen LogP contribution in [0.5, 0.6) is 5.75 Å². The molecule has 0 radical (unpaired) electrons. The first-order valence-corrected chi connectivity index (χ1v) is 11.8. The number of carboxylic acid groups (broad SMARTS) is 1. The maximum absolute atomic E-state index is 13.7. The Morgan fingerprint density at radius 1 is 1.03 bits per heavy atom. The van der Waals surface area contributed by atoms with Gasteiger partial charge in [0.2, 0.25) is 0 Å². The second-order valence-corrected chi connectivity index (χ2v) is 9.14. The van der Waals surface area contributed by atoms with E-state index in [1.807, 2.05) is 43.3 Å². The SMILES string of the molecule is Cc1cc(F)ccc1C(CC(C)C)NC(=O)c1cc(COc2ccccc2)ccc1CCC(=O)O. The molecule has 0 fully saturated rings. The van der Waals surface area contributed by atoms with Gasteiger partial charge < -0.3 is 15.2 Å². The molecule has 184 valence electrons. The number of halogens is 1. The first-order chi connectivity index (χ1) is 16.7. The Balaban J connectivity index is 1.88. The van der Waals surface area contributed by atoms with Crippen LogP contribution >= 0.6 is 0 Å². The minimum Gasteiger partial charge on any atom is -0.489 e. The molecule has 0 aliphatic heterocycles. The van der Waals surface area contributed by atoms with Crippen molar-refractivity contribution in [1.29, 1.82) is 0 Å². The molecule has 1 unspecified atom stereocenters. The Morgan fingerprint density at radius 2 is 1.77 bits per heavy atom. The molecule has 0 aromatic heterocycles. The van der Waals surface area contributed by atoms with E-state index in [1.165, 1.54) is 12.1 Å². The molecule has 0 saturated heterocycles. The van der Waals surface area contributed by atoms with Crippen LogP contribution in [0.3, 0.4) is 0 Å². The van der Waals surface area contributed by atoms with Gasteiger partial charge in [0.05, 0.1) is 6.04 Å². The third-order valence-electron chi connectivity index (χ3n) is 5.80. The first kappa shape index (κ1) is 25.9. The molecule has 0 aliphatic rings. The second kappa shape index (κ2) is 12.2. The monoisotopic (exact) mass is 477 g/mol. The number of aliphatic carboxylic acids is 1. The van der Waals surface area contributed by atoms with Crippen LogP contribution in [0.1, 0.15) is 65.3 Å². The van der Waals surface area contributed by atoms with Gasteiger partial charge in [-0.15, -0.1) is 0 Å². The predicted octanol–water partition coefficient (Wildman–Crippen LogP) is 6.25. The maximum atomic E-state index is 13.7. The van der Waals surface area contributed by atoms with E-state index >= 15 is 0 Å². The van der Waals surface area contributed by atoms with Crippen LogP contribution in [0.15, 0.2) is 66.7 Å². The summed E-state index contributed by atoms with van der Waals surface area (Å²) in [6.07, 6.45) is 0.842. The summed E-state index contributed by atoms with van der Waals surface area (Å²) in [6.45, 7) is 6.24. The summed E-state index contributed by atoms with van der Waals surface area (Å²) in [5.41, 5.74) is 3.52. The van der Waals surface area contributed by atoms with Gasteiger partial charge in [0.25, 0.3) is 5.91 Å². The lowest BCUT2D eigenvalue weighted by atomic mass is 9.92. The number of hydrogen-bond acceptors (Lipinski definition) is 3. The Labute approximate surface area is 206 Å². The van der Waals surface area contributed by atoms with Crippen LogP contribution in [0.25, 0.3) is 0 Å². The zero-order valence-corrected chi connectivity index (χ0v) is 20.4.